The highest BCUT2D eigenvalue weighted by Gasteiger charge is 2.46. The first kappa shape index (κ1) is 24.1. The molecule has 26 heavy (non-hydrogen) atoms. The molecule has 0 aromatic rings. The van der Waals surface area contributed by atoms with Crippen LogP contribution >= 0.6 is 0 Å². The zero-order valence-corrected chi connectivity index (χ0v) is 19.6. The second-order valence-electron chi connectivity index (χ2n) is 8.66. The van der Waals surface area contributed by atoms with Crippen molar-refractivity contribution in [2.75, 3.05) is 26.4 Å². The minimum atomic E-state index is -2.59. The predicted molar refractivity (Wildman–Crippen MR) is 111 cm³/mol. The molecule has 0 atom stereocenters. The molecule has 0 aromatic carbocycles. The molecule has 1 rings (SSSR count). The number of hydrogen-bond donors (Lipinski definition) is 1. The molecule has 6 heteroatoms. The average Bonchev–Trinajstić information content (AvgIpc) is 2.50. The van der Waals surface area contributed by atoms with E-state index in [2.05, 4.69) is 45.1 Å². The Morgan fingerprint density at radius 2 is 1.35 bits per heavy atom. The van der Waals surface area contributed by atoms with Crippen molar-refractivity contribution in [1.82, 2.24) is 10.4 Å². The van der Waals surface area contributed by atoms with Crippen LogP contribution in [0.2, 0.25) is 6.04 Å². The maximum absolute atomic E-state index is 5.99. The summed E-state index contributed by atoms with van der Waals surface area (Å²) in [5.74, 6) is 0.812. The van der Waals surface area contributed by atoms with Gasteiger partial charge in [-0.25, -0.2) is 5.01 Å². The van der Waals surface area contributed by atoms with Gasteiger partial charge in [0.2, 0.25) is 0 Å². The molecule has 0 saturated carbocycles. The van der Waals surface area contributed by atoms with E-state index in [0.717, 1.165) is 18.5 Å². The fourth-order valence-corrected chi connectivity index (χ4v) is 7.27. The van der Waals surface area contributed by atoms with Crippen molar-refractivity contribution in [1.29, 1.82) is 0 Å². The number of hydrazine groups is 1. The fraction of sp³-hybridized carbons (Fsp3) is 1.00. The highest BCUT2D eigenvalue weighted by atomic mass is 28.4. The van der Waals surface area contributed by atoms with Crippen LogP contribution in [0.15, 0.2) is 0 Å². The van der Waals surface area contributed by atoms with Gasteiger partial charge in [0.25, 0.3) is 0 Å². The lowest BCUT2D eigenvalue weighted by molar-refractivity contribution is -0.0911. The molecule has 0 radical (unpaired) electrons. The van der Waals surface area contributed by atoms with E-state index >= 15 is 0 Å². The minimum Gasteiger partial charge on any atom is -0.374 e. The first-order valence-corrected chi connectivity index (χ1v) is 12.5. The molecule has 0 bridgehead atoms. The Morgan fingerprint density at radius 3 is 1.73 bits per heavy atom. The maximum atomic E-state index is 5.99. The van der Waals surface area contributed by atoms with E-state index in [1.807, 2.05) is 20.8 Å². The van der Waals surface area contributed by atoms with Crippen molar-refractivity contribution in [3.05, 3.63) is 0 Å². The van der Waals surface area contributed by atoms with Gasteiger partial charge in [-0.3, -0.25) is 5.43 Å². The van der Waals surface area contributed by atoms with Crippen molar-refractivity contribution in [2.24, 2.45) is 5.92 Å². The summed E-state index contributed by atoms with van der Waals surface area (Å²) in [5, 5.41) is 2.48. The topological polar surface area (TPSA) is 43.0 Å². The molecule has 0 aliphatic carbocycles. The molecule has 1 fully saturated rings. The van der Waals surface area contributed by atoms with Crippen LogP contribution in [-0.4, -0.2) is 51.3 Å². The quantitative estimate of drug-likeness (QED) is 0.495. The van der Waals surface area contributed by atoms with Gasteiger partial charge in [-0.05, 0) is 67.2 Å². The molecule has 0 amide bonds. The van der Waals surface area contributed by atoms with Gasteiger partial charge in [-0.2, -0.15) is 0 Å². The predicted octanol–water partition coefficient (Wildman–Crippen LogP) is 4.61. The number of nitrogens with zero attached hydrogens (tertiary/aromatic N) is 1. The van der Waals surface area contributed by atoms with Crippen LogP contribution in [0.5, 0.6) is 0 Å². The molecule has 5 nitrogen and oxygen atoms in total. The van der Waals surface area contributed by atoms with E-state index in [9.17, 15) is 0 Å². The Hall–Kier alpha value is 0.0169. The lowest BCUT2D eigenvalue weighted by atomic mass is 9.73. The summed E-state index contributed by atoms with van der Waals surface area (Å²) >= 11 is 0. The molecule has 1 N–H and O–H groups in total. The van der Waals surface area contributed by atoms with Gasteiger partial charge in [0.05, 0.1) is 0 Å². The Morgan fingerprint density at radius 1 is 0.885 bits per heavy atom. The van der Waals surface area contributed by atoms with Crippen molar-refractivity contribution >= 4 is 8.80 Å². The van der Waals surface area contributed by atoms with Crippen LogP contribution in [0.25, 0.3) is 0 Å². The number of rotatable bonds is 12. The smallest absolute Gasteiger partial charge is 0.374 e. The molecule has 0 aromatic heterocycles. The van der Waals surface area contributed by atoms with E-state index in [0.29, 0.717) is 19.8 Å². The normalized spacial score (nSPS) is 21.2. The number of hydrogen-bond acceptors (Lipinski definition) is 5. The van der Waals surface area contributed by atoms with E-state index in [1.54, 1.807) is 0 Å². The number of nitrogens with one attached hydrogen (secondary N) is 1. The maximum Gasteiger partial charge on any atom is 0.502 e. The lowest BCUT2D eigenvalue weighted by Crippen LogP contribution is -2.66. The molecule has 1 aliphatic rings. The Kier molecular flexibility index (Phi) is 9.74. The third-order valence-electron chi connectivity index (χ3n) is 5.28. The van der Waals surface area contributed by atoms with E-state index in [1.165, 1.54) is 25.7 Å². The van der Waals surface area contributed by atoms with Crippen molar-refractivity contribution < 1.29 is 13.3 Å². The Balaban J connectivity index is 2.76. The van der Waals surface area contributed by atoms with Gasteiger partial charge in [0, 0.05) is 43.5 Å². The van der Waals surface area contributed by atoms with Crippen molar-refractivity contribution in [2.45, 2.75) is 98.2 Å². The van der Waals surface area contributed by atoms with E-state index in [4.69, 9.17) is 13.3 Å². The lowest BCUT2D eigenvalue weighted by Gasteiger charge is -2.55. The molecule has 0 spiro atoms. The monoisotopic (exact) mass is 388 g/mol. The third kappa shape index (κ3) is 6.57. The summed E-state index contributed by atoms with van der Waals surface area (Å²) in [7, 11) is -2.59. The highest BCUT2D eigenvalue weighted by molar-refractivity contribution is 6.60. The molecule has 1 heterocycles. The summed E-state index contributed by atoms with van der Waals surface area (Å²) in [4.78, 5) is 0. The van der Waals surface area contributed by atoms with Gasteiger partial charge < -0.3 is 13.3 Å². The molecule has 156 valence electrons. The highest BCUT2D eigenvalue weighted by Crippen LogP contribution is 2.41. The Labute approximate surface area is 163 Å². The van der Waals surface area contributed by atoms with Crippen LogP contribution in [-0.2, 0) is 13.3 Å². The van der Waals surface area contributed by atoms with Gasteiger partial charge in [0.1, 0.15) is 0 Å². The van der Waals surface area contributed by atoms with Crippen LogP contribution in [0.4, 0.5) is 0 Å². The van der Waals surface area contributed by atoms with Crippen LogP contribution in [0.1, 0.15) is 81.1 Å². The average molecular weight is 389 g/mol. The van der Waals surface area contributed by atoms with Crippen molar-refractivity contribution in [3.8, 4) is 0 Å². The zero-order valence-electron chi connectivity index (χ0n) is 18.6. The van der Waals surface area contributed by atoms with Gasteiger partial charge in [-0.1, -0.05) is 19.8 Å². The second kappa shape index (κ2) is 10.5. The molecular weight excluding hydrogens is 344 g/mol. The molecule has 1 aliphatic heterocycles. The number of piperidine rings is 1. The van der Waals surface area contributed by atoms with Crippen LogP contribution in [0.3, 0.4) is 0 Å². The first-order chi connectivity index (χ1) is 12.2. The zero-order chi connectivity index (χ0) is 19.8. The molecule has 1 saturated heterocycles. The van der Waals surface area contributed by atoms with Crippen LogP contribution in [0, 0.1) is 5.92 Å². The van der Waals surface area contributed by atoms with Gasteiger partial charge >= 0.3 is 8.80 Å². The summed E-state index contributed by atoms with van der Waals surface area (Å²) < 4.78 is 18.0. The summed E-state index contributed by atoms with van der Waals surface area (Å²) in [6.07, 6.45) is 5.08. The minimum absolute atomic E-state index is 0.134. The van der Waals surface area contributed by atoms with E-state index in [-0.39, 0.29) is 11.1 Å². The first-order valence-electron chi connectivity index (χ1n) is 10.6. The summed E-state index contributed by atoms with van der Waals surface area (Å²) in [5.41, 5.74) is 3.99. The Bertz CT molecular complexity index is 369. The standard InChI is InChI=1S/C20H44N2O3Si/c1-9-13-18-16-19(5,6)22(20(7,8)17-18)21-14-15-26(23-10-2,24-11-3)25-12-4/h18,21H,9-17H2,1-8H3. The SMILES string of the molecule is CCCC1CC(C)(C)N(NCC[Si](OCC)(OCC)OCC)C(C)(C)C1. The molecular formula is C20H44N2O3Si. The van der Waals surface area contributed by atoms with Crippen molar-refractivity contribution in [3.63, 3.8) is 0 Å². The van der Waals surface area contributed by atoms with Crippen LogP contribution < -0.4 is 5.43 Å². The molecule has 0 unspecified atom stereocenters. The van der Waals surface area contributed by atoms with E-state index < -0.39 is 8.80 Å². The van der Waals surface area contributed by atoms with Gasteiger partial charge in [0.15, 0.2) is 0 Å². The third-order valence-corrected chi connectivity index (χ3v) is 8.33. The largest absolute Gasteiger partial charge is 0.502 e. The summed E-state index contributed by atoms with van der Waals surface area (Å²) in [6, 6.07) is 0.795. The van der Waals surface area contributed by atoms with Gasteiger partial charge in [-0.15, -0.1) is 0 Å². The fourth-order valence-electron chi connectivity index (χ4n) is 4.85. The summed E-state index contributed by atoms with van der Waals surface area (Å²) in [6.45, 7) is 20.5. The second-order valence-corrected chi connectivity index (χ2v) is 11.4.